The molecule has 2 N–H and O–H groups in total. The molecule has 0 spiro atoms. The Morgan fingerprint density at radius 2 is 1.95 bits per heavy atom. The summed E-state index contributed by atoms with van der Waals surface area (Å²) in [5, 5.41) is 9.23. The van der Waals surface area contributed by atoms with Crippen LogP contribution in [0.2, 0.25) is 0 Å². The van der Waals surface area contributed by atoms with Crippen molar-refractivity contribution in [2.45, 2.75) is 25.9 Å². The fraction of sp³-hybridized carbons (Fsp3) is 0.286. The molecule has 7 heteroatoms. The quantitative estimate of drug-likeness (QED) is 0.905. The zero-order valence-electron chi connectivity index (χ0n) is 11.3. The predicted molar refractivity (Wildman–Crippen MR) is 72.0 cm³/mol. The van der Waals surface area contributed by atoms with Crippen LogP contribution >= 0.6 is 0 Å². The highest BCUT2D eigenvalue weighted by atomic mass is 19.4. The predicted octanol–water partition coefficient (Wildman–Crippen LogP) is 3.63. The van der Waals surface area contributed by atoms with E-state index in [1.807, 2.05) is 6.92 Å². The lowest BCUT2D eigenvalue weighted by molar-refractivity contribution is -0.137. The van der Waals surface area contributed by atoms with E-state index in [0.29, 0.717) is 5.82 Å². The molecule has 0 bridgehead atoms. The van der Waals surface area contributed by atoms with Crippen molar-refractivity contribution in [2.24, 2.45) is 0 Å². The van der Waals surface area contributed by atoms with Crippen molar-refractivity contribution in [3.05, 3.63) is 47.2 Å². The van der Waals surface area contributed by atoms with E-state index in [9.17, 15) is 18.0 Å². The number of nitrogens with zero attached hydrogens (tertiary/aromatic N) is 1. The maximum absolute atomic E-state index is 12.4. The summed E-state index contributed by atoms with van der Waals surface area (Å²) in [6.07, 6.45) is -2.66. The number of hydrogen-bond acceptors (Lipinski definition) is 2. The monoisotopic (exact) mass is 297 g/mol. The fourth-order valence-electron chi connectivity index (χ4n) is 1.82. The van der Waals surface area contributed by atoms with Crippen LogP contribution in [-0.2, 0) is 12.6 Å². The molecule has 2 aromatic rings. The summed E-state index contributed by atoms with van der Waals surface area (Å²) in [5.41, 5.74) is 0.243. The highest BCUT2D eigenvalue weighted by Gasteiger charge is 2.30. The molecule has 2 rings (SSSR count). The first-order valence-corrected chi connectivity index (χ1v) is 6.43. The van der Waals surface area contributed by atoms with E-state index >= 15 is 0 Å². The van der Waals surface area contributed by atoms with Crippen molar-refractivity contribution in [3.63, 3.8) is 0 Å². The minimum Gasteiger partial charge on any atom is -0.305 e. The molecular formula is C14H14F3N3O. The van der Waals surface area contributed by atoms with Crippen LogP contribution in [0.15, 0.2) is 30.3 Å². The number of aromatic amines is 1. The van der Waals surface area contributed by atoms with Crippen LogP contribution < -0.4 is 5.32 Å². The average molecular weight is 297 g/mol. The fourth-order valence-corrected chi connectivity index (χ4v) is 1.82. The third-order valence-electron chi connectivity index (χ3n) is 2.87. The second kappa shape index (κ2) is 5.99. The molecule has 0 saturated carbocycles. The molecule has 0 aliphatic carbocycles. The molecular weight excluding hydrogens is 283 g/mol. The van der Waals surface area contributed by atoms with Gasteiger partial charge in [-0.15, -0.1) is 0 Å². The summed E-state index contributed by atoms with van der Waals surface area (Å²) in [6, 6.07) is 5.73. The van der Waals surface area contributed by atoms with Gasteiger partial charge in [-0.1, -0.05) is 13.3 Å². The minimum atomic E-state index is -4.41. The van der Waals surface area contributed by atoms with Crippen LogP contribution in [-0.4, -0.2) is 16.1 Å². The number of aromatic nitrogens is 2. The van der Waals surface area contributed by atoms with Crippen LogP contribution in [0, 0.1) is 0 Å². The molecule has 112 valence electrons. The van der Waals surface area contributed by atoms with E-state index in [2.05, 4.69) is 15.5 Å². The number of rotatable bonds is 4. The Morgan fingerprint density at radius 1 is 1.29 bits per heavy atom. The molecule has 1 aromatic carbocycles. The summed E-state index contributed by atoms with van der Waals surface area (Å²) in [6.45, 7) is 2.02. The Balaban J connectivity index is 2.06. The molecule has 0 aliphatic rings. The number of amides is 1. The van der Waals surface area contributed by atoms with Gasteiger partial charge in [-0.3, -0.25) is 9.89 Å². The largest absolute Gasteiger partial charge is 0.416 e. The zero-order chi connectivity index (χ0) is 15.5. The molecule has 0 atom stereocenters. The van der Waals surface area contributed by atoms with Gasteiger partial charge in [0.05, 0.1) is 5.56 Å². The molecule has 1 heterocycles. The lowest BCUT2D eigenvalue weighted by atomic mass is 10.1. The number of H-pyrrole nitrogens is 1. The standard InChI is InChI=1S/C14H14F3N3O/c1-2-3-11-8-12(20-19-11)18-13(21)9-4-6-10(7-5-9)14(15,16)17/h4-8H,2-3H2,1H3,(H2,18,19,20,21). The number of aryl methyl sites for hydroxylation is 1. The van der Waals surface area contributed by atoms with Crippen molar-refractivity contribution < 1.29 is 18.0 Å². The summed E-state index contributed by atoms with van der Waals surface area (Å²) in [5.74, 6) is -0.151. The van der Waals surface area contributed by atoms with E-state index < -0.39 is 17.6 Å². The molecule has 0 aliphatic heterocycles. The van der Waals surface area contributed by atoms with Gasteiger partial charge in [0, 0.05) is 17.3 Å². The van der Waals surface area contributed by atoms with Gasteiger partial charge in [-0.05, 0) is 30.7 Å². The van der Waals surface area contributed by atoms with Crippen molar-refractivity contribution in [3.8, 4) is 0 Å². The van der Waals surface area contributed by atoms with E-state index in [-0.39, 0.29) is 5.56 Å². The molecule has 0 saturated heterocycles. The molecule has 1 aromatic heterocycles. The average Bonchev–Trinajstić information content (AvgIpc) is 2.86. The van der Waals surface area contributed by atoms with Gasteiger partial charge in [-0.25, -0.2) is 0 Å². The van der Waals surface area contributed by atoms with Gasteiger partial charge in [-0.2, -0.15) is 18.3 Å². The lowest BCUT2D eigenvalue weighted by Crippen LogP contribution is -2.13. The van der Waals surface area contributed by atoms with Crippen molar-refractivity contribution >= 4 is 11.7 Å². The molecule has 1 amide bonds. The summed E-state index contributed by atoms with van der Waals surface area (Å²) < 4.78 is 37.3. The number of nitrogens with one attached hydrogen (secondary N) is 2. The first-order valence-electron chi connectivity index (χ1n) is 6.43. The number of anilines is 1. The number of alkyl halides is 3. The Kier molecular flexibility index (Phi) is 4.30. The summed E-state index contributed by atoms with van der Waals surface area (Å²) in [7, 11) is 0. The van der Waals surface area contributed by atoms with E-state index in [1.165, 1.54) is 0 Å². The Morgan fingerprint density at radius 3 is 2.52 bits per heavy atom. The van der Waals surface area contributed by atoms with Crippen molar-refractivity contribution in [1.29, 1.82) is 0 Å². The van der Waals surface area contributed by atoms with E-state index in [4.69, 9.17) is 0 Å². The van der Waals surface area contributed by atoms with Gasteiger partial charge in [0.15, 0.2) is 5.82 Å². The second-order valence-corrected chi connectivity index (χ2v) is 4.56. The van der Waals surface area contributed by atoms with Crippen molar-refractivity contribution in [1.82, 2.24) is 10.2 Å². The van der Waals surface area contributed by atoms with Crippen LogP contribution in [0.4, 0.5) is 19.0 Å². The highest BCUT2D eigenvalue weighted by molar-refractivity contribution is 6.03. The first-order chi connectivity index (χ1) is 9.90. The highest BCUT2D eigenvalue weighted by Crippen LogP contribution is 2.29. The van der Waals surface area contributed by atoms with Gasteiger partial charge in [0.25, 0.3) is 5.91 Å². The summed E-state index contributed by atoms with van der Waals surface area (Å²) in [4.78, 5) is 11.9. The molecule has 0 fully saturated rings. The molecule has 21 heavy (non-hydrogen) atoms. The van der Waals surface area contributed by atoms with Gasteiger partial charge in [0.1, 0.15) is 0 Å². The Bertz CT molecular complexity index is 617. The molecule has 0 radical (unpaired) electrons. The van der Waals surface area contributed by atoms with Gasteiger partial charge in [0.2, 0.25) is 0 Å². The van der Waals surface area contributed by atoms with E-state index in [1.54, 1.807) is 6.07 Å². The first kappa shape index (κ1) is 15.1. The SMILES string of the molecule is CCCc1cc(NC(=O)c2ccc(C(F)(F)F)cc2)n[nH]1. The number of hydrogen-bond donors (Lipinski definition) is 2. The second-order valence-electron chi connectivity index (χ2n) is 4.56. The molecule has 0 unspecified atom stereocenters. The number of carbonyl (C=O) groups excluding carboxylic acids is 1. The molecule has 4 nitrogen and oxygen atoms in total. The Hall–Kier alpha value is -2.31. The topological polar surface area (TPSA) is 57.8 Å². The van der Waals surface area contributed by atoms with Crippen LogP contribution in [0.3, 0.4) is 0 Å². The van der Waals surface area contributed by atoms with Crippen LogP contribution in [0.1, 0.15) is 35.0 Å². The maximum atomic E-state index is 12.4. The van der Waals surface area contributed by atoms with E-state index in [0.717, 1.165) is 42.8 Å². The van der Waals surface area contributed by atoms with Gasteiger partial charge >= 0.3 is 6.18 Å². The third-order valence-corrected chi connectivity index (χ3v) is 2.87. The van der Waals surface area contributed by atoms with Crippen LogP contribution in [0.25, 0.3) is 0 Å². The smallest absolute Gasteiger partial charge is 0.305 e. The summed E-state index contributed by atoms with van der Waals surface area (Å²) >= 11 is 0. The zero-order valence-corrected chi connectivity index (χ0v) is 11.3. The normalized spacial score (nSPS) is 11.4. The number of carbonyl (C=O) groups is 1. The number of benzene rings is 1. The van der Waals surface area contributed by atoms with Gasteiger partial charge < -0.3 is 5.32 Å². The third kappa shape index (κ3) is 3.84. The number of halogens is 3. The minimum absolute atomic E-state index is 0.142. The Labute approximate surface area is 119 Å². The van der Waals surface area contributed by atoms with Crippen molar-refractivity contribution in [2.75, 3.05) is 5.32 Å². The van der Waals surface area contributed by atoms with Crippen LogP contribution in [0.5, 0.6) is 0 Å². The lowest BCUT2D eigenvalue weighted by Gasteiger charge is -2.07. The maximum Gasteiger partial charge on any atom is 0.416 e.